The first kappa shape index (κ1) is 16.8. The number of hydrogen-bond acceptors (Lipinski definition) is 2. The molecule has 0 unspecified atom stereocenters. The summed E-state index contributed by atoms with van der Waals surface area (Å²) in [4.78, 5) is 12.5. The third-order valence-corrected chi connectivity index (χ3v) is 4.32. The van der Waals surface area contributed by atoms with E-state index in [0.717, 1.165) is 28.1 Å². The van der Waals surface area contributed by atoms with Crippen LogP contribution in [0.4, 0.5) is 5.69 Å². The summed E-state index contributed by atoms with van der Waals surface area (Å²) >= 11 is 0. The number of carbonyl (C=O) groups is 1. The van der Waals surface area contributed by atoms with Crippen molar-refractivity contribution in [2.75, 3.05) is 5.32 Å². The van der Waals surface area contributed by atoms with E-state index in [2.05, 4.69) is 10.4 Å². The second-order valence-electron chi connectivity index (χ2n) is 6.27. The van der Waals surface area contributed by atoms with Crippen LogP contribution in [0.1, 0.15) is 5.56 Å². The SMILES string of the molecule is O=C(Cc1ccccc1)Nc1ccccc1-c1cnn(-c2ccccc2)c1. The molecule has 0 spiro atoms. The first-order valence-electron chi connectivity index (χ1n) is 8.83. The van der Waals surface area contributed by atoms with Gasteiger partial charge in [0.1, 0.15) is 0 Å². The van der Waals surface area contributed by atoms with Crippen molar-refractivity contribution in [2.45, 2.75) is 6.42 Å². The second-order valence-corrected chi connectivity index (χ2v) is 6.27. The lowest BCUT2D eigenvalue weighted by molar-refractivity contribution is -0.115. The lowest BCUT2D eigenvalue weighted by atomic mass is 10.1. The maximum absolute atomic E-state index is 12.5. The predicted octanol–water partition coefficient (Wildman–Crippen LogP) is 4.72. The van der Waals surface area contributed by atoms with Crippen molar-refractivity contribution < 1.29 is 4.79 Å². The number of nitrogens with one attached hydrogen (secondary N) is 1. The van der Waals surface area contributed by atoms with E-state index in [-0.39, 0.29) is 5.91 Å². The van der Waals surface area contributed by atoms with Crippen molar-refractivity contribution in [1.82, 2.24) is 9.78 Å². The average Bonchev–Trinajstić information content (AvgIpc) is 3.20. The smallest absolute Gasteiger partial charge is 0.228 e. The Balaban J connectivity index is 1.57. The van der Waals surface area contributed by atoms with Crippen LogP contribution < -0.4 is 5.32 Å². The van der Waals surface area contributed by atoms with Crippen LogP contribution in [-0.4, -0.2) is 15.7 Å². The van der Waals surface area contributed by atoms with Crippen LogP contribution in [0.25, 0.3) is 16.8 Å². The number of amides is 1. The van der Waals surface area contributed by atoms with Gasteiger partial charge in [0, 0.05) is 23.0 Å². The zero-order valence-electron chi connectivity index (χ0n) is 14.7. The van der Waals surface area contributed by atoms with Gasteiger partial charge in [-0.05, 0) is 23.8 Å². The van der Waals surface area contributed by atoms with Crippen molar-refractivity contribution in [3.05, 3.63) is 103 Å². The topological polar surface area (TPSA) is 46.9 Å². The largest absolute Gasteiger partial charge is 0.325 e. The molecule has 0 saturated heterocycles. The molecule has 0 saturated carbocycles. The number of rotatable bonds is 5. The van der Waals surface area contributed by atoms with Gasteiger partial charge in [0.2, 0.25) is 5.91 Å². The number of nitrogens with zero attached hydrogens (tertiary/aromatic N) is 2. The molecule has 4 heteroatoms. The summed E-state index contributed by atoms with van der Waals surface area (Å²) in [5, 5.41) is 7.49. The molecule has 0 radical (unpaired) electrons. The van der Waals surface area contributed by atoms with Crippen molar-refractivity contribution in [3.8, 4) is 16.8 Å². The summed E-state index contributed by atoms with van der Waals surface area (Å²) < 4.78 is 1.83. The quantitative estimate of drug-likeness (QED) is 0.564. The van der Waals surface area contributed by atoms with Crippen molar-refractivity contribution in [1.29, 1.82) is 0 Å². The molecule has 3 aromatic carbocycles. The van der Waals surface area contributed by atoms with Crippen LogP contribution >= 0.6 is 0 Å². The van der Waals surface area contributed by atoms with Gasteiger partial charge in [-0.3, -0.25) is 4.79 Å². The molecular formula is C23H19N3O. The number of hydrogen-bond donors (Lipinski definition) is 1. The van der Waals surface area contributed by atoms with Gasteiger partial charge in [-0.2, -0.15) is 5.10 Å². The summed E-state index contributed by atoms with van der Waals surface area (Å²) in [5.74, 6) is -0.0379. The molecule has 0 aliphatic rings. The highest BCUT2D eigenvalue weighted by molar-refractivity contribution is 5.96. The summed E-state index contributed by atoms with van der Waals surface area (Å²) in [6, 6.07) is 27.5. The molecule has 1 amide bonds. The van der Waals surface area contributed by atoms with E-state index in [4.69, 9.17) is 0 Å². The maximum Gasteiger partial charge on any atom is 0.228 e. The molecule has 1 aromatic heterocycles. The minimum Gasteiger partial charge on any atom is -0.325 e. The maximum atomic E-state index is 12.5. The van der Waals surface area contributed by atoms with Crippen LogP contribution in [0.2, 0.25) is 0 Å². The Hall–Kier alpha value is -3.66. The Morgan fingerprint density at radius 1 is 0.852 bits per heavy atom. The van der Waals surface area contributed by atoms with Crippen LogP contribution in [0.3, 0.4) is 0 Å². The van der Waals surface area contributed by atoms with Crippen molar-refractivity contribution in [2.24, 2.45) is 0 Å². The number of aromatic nitrogens is 2. The van der Waals surface area contributed by atoms with Crippen molar-refractivity contribution >= 4 is 11.6 Å². The summed E-state index contributed by atoms with van der Waals surface area (Å²) in [6.45, 7) is 0. The fraction of sp³-hybridized carbons (Fsp3) is 0.0435. The highest BCUT2D eigenvalue weighted by Crippen LogP contribution is 2.28. The number of carbonyl (C=O) groups excluding carboxylic acids is 1. The fourth-order valence-electron chi connectivity index (χ4n) is 3.00. The van der Waals surface area contributed by atoms with Gasteiger partial charge in [-0.15, -0.1) is 0 Å². The first-order chi connectivity index (χ1) is 13.3. The standard InChI is InChI=1S/C23H19N3O/c27-23(15-18-9-3-1-4-10-18)25-22-14-8-7-13-21(22)19-16-24-26(17-19)20-11-5-2-6-12-20/h1-14,16-17H,15H2,(H,25,27). The molecule has 0 bridgehead atoms. The van der Waals surface area contributed by atoms with Gasteiger partial charge < -0.3 is 5.32 Å². The average molecular weight is 353 g/mol. The molecule has 0 atom stereocenters. The number of benzene rings is 3. The van der Waals surface area contributed by atoms with E-state index in [9.17, 15) is 4.79 Å². The minimum absolute atomic E-state index is 0.0379. The zero-order chi connectivity index (χ0) is 18.5. The Morgan fingerprint density at radius 3 is 2.30 bits per heavy atom. The molecule has 4 aromatic rings. The van der Waals surface area contributed by atoms with Crippen molar-refractivity contribution in [3.63, 3.8) is 0 Å². The molecule has 1 heterocycles. The molecular weight excluding hydrogens is 334 g/mol. The zero-order valence-corrected chi connectivity index (χ0v) is 14.7. The molecule has 4 nitrogen and oxygen atoms in total. The molecule has 4 rings (SSSR count). The molecule has 1 N–H and O–H groups in total. The highest BCUT2D eigenvalue weighted by Gasteiger charge is 2.11. The van der Waals surface area contributed by atoms with Gasteiger partial charge in [0.05, 0.1) is 18.3 Å². The van der Waals surface area contributed by atoms with E-state index in [0.29, 0.717) is 6.42 Å². The first-order valence-corrected chi connectivity index (χ1v) is 8.83. The molecule has 27 heavy (non-hydrogen) atoms. The highest BCUT2D eigenvalue weighted by atomic mass is 16.1. The Kier molecular flexibility index (Phi) is 4.79. The monoisotopic (exact) mass is 353 g/mol. The fourth-order valence-corrected chi connectivity index (χ4v) is 3.00. The van der Waals surface area contributed by atoms with Crippen LogP contribution in [0, 0.1) is 0 Å². The van der Waals surface area contributed by atoms with Gasteiger partial charge in [-0.25, -0.2) is 4.68 Å². The van der Waals surface area contributed by atoms with E-state index < -0.39 is 0 Å². The third kappa shape index (κ3) is 3.96. The Morgan fingerprint density at radius 2 is 1.52 bits per heavy atom. The third-order valence-electron chi connectivity index (χ3n) is 4.32. The van der Waals surface area contributed by atoms with E-state index in [1.54, 1.807) is 0 Å². The van der Waals surface area contributed by atoms with E-state index in [1.807, 2.05) is 102 Å². The lowest BCUT2D eigenvalue weighted by Gasteiger charge is -2.10. The molecule has 0 aliphatic heterocycles. The Bertz CT molecular complexity index is 1040. The van der Waals surface area contributed by atoms with Crippen LogP contribution in [-0.2, 0) is 11.2 Å². The summed E-state index contributed by atoms with van der Waals surface area (Å²) in [5.41, 5.74) is 4.67. The predicted molar refractivity (Wildman–Crippen MR) is 108 cm³/mol. The molecule has 0 aliphatic carbocycles. The summed E-state index contributed by atoms with van der Waals surface area (Å²) in [6.07, 6.45) is 4.13. The normalized spacial score (nSPS) is 10.5. The summed E-state index contributed by atoms with van der Waals surface area (Å²) in [7, 11) is 0. The van der Waals surface area contributed by atoms with Crippen LogP contribution in [0.5, 0.6) is 0 Å². The van der Waals surface area contributed by atoms with E-state index in [1.165, 1.54) is 0 Å². The van der Waals surface area contributed by atoms with Gasteiger partial charge in [0.25, 0.3) is 0 Å². The van der Waals surface area contributed by atoms with Gasteiger partial charge in [-0.1, -0.05) is 66.7 Å². The molecule has 0 fully saturated rings. The lowest BCUT2D eigenvalue weighted by Crippen LogP contribution is -2.14. The van der Waals surface area contributed by atoms with Crippen LogP contribution in [0.15, 0.2) is 97.3 Å². The van der Waals surface area contributed by atoms with E-state index >= 15 is 0 Å². The van der Waals surface area contributed by atoms with Gasteiger partial charge in [0.15, 0.2) is 0 Å². The number of para-hydroxylation sites is 2. The van der Waals surface area contributed by atoms with Gasteiger partial charge >= 0.3 is 0 Å². The minimum atomic E-state index is -0.0379. The second kappa shape index (κ2) is 7.70. The Labute approximate surface area is 158 Å². The molecule has 132 valence electrons. The number of anilines is 1.